The molecule has 0 bridgehead atoms. The average molecular weight is 306 g/mol. The van der Waals surface area contributed by atoms with Crippen LogP contribution < -0.4 is 10.6 Å². The Labute approximate surface area is 131 Å². The van der Waals surface area contributed by atoms with Gasteiger partial charge in [0.1, 0.15) is 0 Å². The molecule has 1 amide bonds. The molecule has 7 heteroatoms. The van der Waals surface area contributed by atoms with Crippen molar-refractivity contribution in [2.75, 3.05) is 27.2 Å². The molecule has 0 unspecified atom stereocenters. The fraction of sp³-hybridized carbons (Fsp3) is 0.667. The van der Waals surface area contributed by atoms with Crippen LogP contribution in [0.5, 0.6) is 0 Å². The van der Waals surface area contributed by atoms with Crippen LogP contribution in [0.3, 0.4) is 0 Å². The number of nitrogens with one attached hydrogen (secondary N) is 2. The first kappa shape index (κ1) is 16.3. The Kier molecular flexibility index (Phi) is 5.80. The summed E-state index contributed by atoms with van der Waals surface area (Å²) in [5, 5.41) is 10.2. The summed E-state index contributed by atoms with van der Waals surface area (Å²) in [5.74, 6) is 1.53. The highest BCUT2D eigenvalue weighted by Gasteiger charge is 2.22. The Balaban J connectivity index is 1.79. The lowest BCUT2D eigenvalue weighted by Gasteiger charge is -2.34. The first-order chi connectivity index (χ1) is 10.6. The van der Waals surface area contributed by atoms with E-state index in [0.717, 1.165) is 44.0 Å². The van der Waals surface area contributed by atoms with Gasteiger partial charge in [-0.3, -0.25) is 14.5 Å². The molecule has 1 aromatic rings. The van der Waals surface area contributed by atoms with E-state index in [2.05, 4.69) is 25.6 Å². The number of aromatic nitrogens is 2. The third-order valence-electron chi connectivity index (χ3n) is 4.09. The standard InChI is InChI=1S/C15H26N6O/c1-16-14(22)8-12-4-6-21(7-5-12)15(17-2)18-9-13-10-19-20(3)11-13/h10-12H,4-9H2,1-3H3,(H,16,22)(H,17,18). The molecule has 1 fully saturated rings. The summed E-state index contributed by atoms with van der Waals surface area (Å²) in [5.41, 5.74) is 1.14. The van der Waals surface area contributed by atoms with Crippen LogP contribution in [-0.4, -0.2) is 53.7 Å². The van der Waals surface area contributed by atoms with E-state index in [1.165, 1.54) is 0 Å². The minimum atomic E-state index is 0.137. The molecule has 1 saturated heterocycles. The molecule has 0 radical (unpaired) electrons. The van der Waals surface area contributed by atoms with Crippen molar-refractivity contribution in [3.63, 3.8) is 0 Å². The summed E-state index contributed by atoms with van der Waals surface area (Å²) >= 11 is 0. The highest BCUT2D eigenvalue weighted by atomic mass is 16.1. The normalized spacial score (nSPS) is 16.7. The maximum Gasteiger partial charge on any atom is 0.220 e. The fourth-order valence-corrected chi connectivity index (χ4v) is 2.79. The molecule has 1 aliphatic heterocycles. The molecule has 1 aromatic heterocycles. The van der Waals surface area contributed by atoms with Gasteiger partial charge in [0.2, 0.25) is 5.91 Å². The lowest BCUT2D eigenvalue weighted by atomic mass is 9.93. The van der Waals surface area contributed by atoms with Crippen LogP contribution in [0.25, 0.3) is 0 Å². The van der Waals surface area contributed by atoms with Crippen molar-refractivity contribution in [3.05, 3.63) is 18.0 Å². The zero-order valence-corrected chi connectivity index (χ0v) is 13.7. The molecule has 0 aliphatic carbocycles. The van der Waals surface area contributed by atoms with E-state index in [4.69, 9.17) is 0 Å². The minimum absolute atomic E-state index is 0.137. The summed E-state index contributed by atoms with van der Waals surface area (Å²) in [6.45, 7) is 2.60. The molecule has 0 saturated carbocycles. The third kappa shape index (κ3) is 4.47. The molecular formula is C15H26N6O. The monoisotopic (exact) mass is 306 g/mol. The van der Waals surface area contributed by atoms with E-state index < -0.39 is 0 Å². The molecular weight excluding hydrogens is 280 g/mol. The summed E-state index contributed by atoms with van der Waals surface area (Å²) < 4.78 is 1.80. The highest BCUT2D eigenvalue weighted by molar-refractivity contribution is 5.80. The number of aliphatic imine (C=N–C) groups is 1. The smallest absolute Gasteiger partial charge is 0.220 e. The lowest BCUT2D eigenvalue weighted by Crippen LogP contribution is -2.45. The van der Waals surface area contributed by atoms with Gasteiger partial charge in [0.25, 0.3) is 0 Å². The summed E-state index contributed by atoms with van der Waals surface area (Å²) in [4.78, 5) is 18.1. The lowest BCUT2D eigenvalue weighted by molar-refractivity contribution is -0.121. The van der Waals surface area contributed by atoms with E-state index in [9.17, 15) is 4.79 Å². The van der Waals surface area contributed by atoms with Gasteiger partial charge in [0, 0.05) is 59.0 Å². The molecule has 2 N–H and O–H groups in total. The molecule has 22 heavy (non-hydrogen) atoms. The maximum absolute atomic E-state index is 11.4. The first-order valence-corrected chi connectivity index (χ1v) is 7.76. The molecule has 1 aliphatic rings. The second-order valence-electron chi connectivity index (χ2n) is 5.73. The second-order valence-corrected chi connectivity index (χ2v) is 5.73. The number of carbonyl (C=O) groups is 1. The van der Waals surface area contributed by atoms with Crippen LogP contribution in [0.2, 0.25) is 0 Å². The topological polar surface area (TPSA) is 74.5 Å². The third-order valence-corrected chi connectivity index (χ3v) is 4.09. The molecule has 0 spiro atoms. The van der Waals surface area contributed by atoms with Crippen molar-refractivity contribution in [2.24, 2.45) is 18.0 Å². The minimum Gasteiger partial charge on any atom is -0.359 e. The number of aryl methyl sites for hydroxylation is 1. The Bertz CT molecular complexity index is 516. The molecule has 0 aromatic carbocycles. The van der Waals surface area contributed by atoms with Crippen LogP contribution >= 0.6 is 0 Å². The van der Waals surface area contributed by atoms with Gasteiger partial charge in [-0.2, -0.15) is 5.10 Å². The van der Waals surface area contributed by atoms with Gasteiger partial charge in [0.05, 0.1) is 6.20 Å². The zero-order valence-electron chi connectivity index (χ0n) is 13.7. The van der Waals surface area contributed by atoms with E-state index in [1.807, 2.05) is 26.5 Å². The Morgan fingerprint density at radius 2 is 2.18 bits per heavy atom. The zero-order chi connectivity index (χ0) is 15.9. The van der Waals surface area contributed by atoms with Gasteiger partial charge < -0.3 is 15.5 Å². The van der Waals surface area contributed by atoms with E-state index in [0.29, 0.717) is 12.3 Å². The number of amides is 1. The van der Waals surface area contributed by atoms with Crippen molar-refractivity contribution in [1.82, 2.24) is 25.3 Å². The number of hydrogen-bond acceptors (Lipinski definition) is 3. The van der Waals surface area contributed by atoms with E-state index >= 15 is 0 Å². The van der Waals surface area contributed by atoms with Gasteiger partial charge in [0.15, 0.2) is 5.96 Å². The van der Waals surface area contributed by atoms with Gasteiger partial charge in [-0.1, -0.05) is 0 Å². The summed E-state index contributed by atoms with van der Waals surface area (Å²) in [7, 11) is 5.42. The SMILES string of the molecule is CN=C(NCc1cnn(C)c1)N1CCC(CC(=O)NC)CC1. The van der Waals surface area contributed by atoms with Crippen LogP contribution in [0.4, 0.5) is 0 Å². The number of piperidine rings is 1. The molecule has 122 valence electrons. The van der Waals surface area contributed by atoms with Gasteiger partial charge in [-0.05, 0) is 18.8 Å². The summed E-state index contributed by atoms with van der Waals surface area (Å²) in [6.07, 6.45) is 6.54. The summed E-state index contributed by atoms with van der Waals surface area (Å²) in [6, 6.07) is 0. The highest BCUT2D eigenvalue weighted by Crippen LogP contribution is 2.20. The molecule has 7 nitrogen and oxygen atoms in total. The predicted octanol–water partition coefficient (Wildman–Crippen LogP) is 0.344. The number of rotatable bonds is 4. The number of nitrogens with zero attached hydrogens (tertiary/aromatic N) is 4. The quantitative estimate of drug-likeness (QED) is 0.621. The Morgan fingerprint density at radius 1 is 1.45 bits per heavy atom. The molecule has 2 heterocycles. The van der Waals surface area contributed by atoms with Crippen molar-refractivity contribution in [1.29, 1.82) is 0 Å². The van der Waals surface area contributed by atoms with E-state index in [1.54, 1.807) is 11.7 Å². The van der Waals surface area contributed by atoms with Crippen LogP contribution in [-0.2, 0) is 18.4 Å². The fourth-order valence-electron chi connectivity index (χ4n) is 2.79. The number of hydrogen-bond donors (Lipinski definition) is 2. The second kappa shape index (κ2) is 7.82. The van der Waals surface area contributed by atoms with Crippen molar-refractivity contribution >= 4 is 11.9 Å². The Morgan fingerprint density at radius 3 is 2.73 bits per heavy atom. The van der Waals surface area contributed by atoms with Gasteiger partial charge >= 0.3 is 0 Å². The number of likely N-dealkylation sites (tertiary alicyclic amines) is 1. The predicted molar refractivity (Wildman–Crippen MR) is 86.4 cm³/mol. The van der Waals surface area contributed by atoms with Crippen molar-refractivity contribution in [2.45, 2.75) is 25.8 Å². The Hall–Kier alpha value is -2.05. The van der Waals surface area contributed by atoms with E-state index in [-0.39, 0.29) is 5.91 Å². The first-order valence-electron chi connectivity index (χ1n) is 7.76. The largest absolute Gasteiger partial charge is 0.359 e. The molecule has 0 atom stereocenters. The number of carbonyl (C=O) groups excluding carboxylic acids is 1. The van der Waals surface area contributed by atoms with Crippen molar-refractivity contribution < 1.29 is 4.79 Å². The van der Waals surface area contributed by atoms with Gasteiger partial charge in [-0.15, -0.1) is 0 Å². The van der Waals surface area contributed by atoms with Crippen LogP contribution in [0.15, 0.2) is 17.4 Å². The average Bonchev–Trinajstić information content (AvgIpc) is 2.95. The maximum atomic E-state index is 11.4. The van der Waals surface area contributed by atoms with Crippen LogP contribution in [0, 0.1) is 5.92 Å². The number of guanidine groups is 1. The van der Waals surface area contributed by atoms with Gasteiger partial charge in [-0.25, -0.2) is 0 Å². The van der Waals surface area contributed by atoms with Crippen molar-refractivity contribution in [3.8, 4) is 0 Å². The van der Waals surface area contributed by atoms with Crippen LogP contribution in [0.1, 0.15) is 24.8 Å². The molecule has 2 rings (SSSR count).